The average Bonchev–Trinajstić information content (AvgIpc) is 2.41. The number of rotatable bonds is 5. The molecule has 0 radical (unpaired) electrons. The highest BCUT2D eigenvalue weighted by Crippen LogP contribution is 2.25. The van der Waals surface area contributed by atoms with Gasteiger partial charge in [0.25, 0.3) is 0 Å². The second-order valence-electron chi connectivity index (χ2n) is 3.78. The van der Waals surface area contributed by atoms with E-state index in [-0.39, 0.29) is 0 Å². The number of aromatic nitrogens is 1. The van der Waals surface area contributed by atoms with Crippen molar-refractivity contribution >= 4 is 0 Å². The Labute approximate surface area is 107 Å². The Hall–Kier alpha value is -2.07. The predicted octanol–water partition coefficient (Wildman–Crippen LogP) is 2.60. The third-order valence-electron chi connectivity index (χ3n) is 2.47. The van der Waals surface area contributed by atoms with Crippen LogP contribution in [0.5, 0.6) is 17.4 Å². The Kier molecular flexibility index (Phi) is 4.15. The van der Waals surface area contributed by atoms with Crippen LogP contribution >= 0.6 is 0 Å². The Morgan fingerprint density at radius 1 is 1.17 bits per heavy atom. The first kappa shape index (κ1) is 12.4. The molecule has 0 saturated heterocycles. The minimum absolute atomic E-state index is 0.611. The lowest BCUT2D eigenvalue weighted by atomic mass is 10.2. The highest BCUT2D eigenvalue weighted by atomic mass is 16.5. The van der Waals surface area contributed by atoms with Crippen molar-refractivity contribution in [2.24, 2.45) is 0 Å². The van der Waals surface area contributed by atoms with Gasteiger partial charge in [0, 0.05) is 24.4 Å². The lowest BCUT2D eigenvalue weighted by Crippen LogP contribution is -2.07. The van der Waals surface area contributed by atoms with Gasteiger partial charge in [-0.05, 0) is 25.2 Å². The number of ether oxygens (including phenoxy) is 2. The first-order valence-corrected chi connectivity index (χ1v) is 5.74. The zero-order chi connectivity index (χ0) is 12.8. The van der Waals surface area contributed by atoms with Crippen LogP contribution in [0, 0.1) is 0 Å². The zero-order valence-corrected chi connectivity index (χ0v) is 10.5. The van der Waals surface area contributed by atoms with E-state index in [1.54, 1.807) is 13.3 Å². The molecule has 0 amide bonds. The summed E-state index contributed by atoms with van der Waals surface area (Å²) in [5.41, 5.74) is 1.02. The molecular formula is C14H16N2O2. The molecule has 0 saturated carbocycles. The van der Waals surface area contributed by atoms with E-state index in [4.69, 9.17) is 9.47 Å². The molecule has 0 aliphatic rings. The number of hydrogen-bond acceptors (Lipinski definition) is 4. The van der Waals surface area contributed by atoms with Crippen molar-refractivity contribution in [2.45, 2.75) is 6.54 Å². The van der Waals surface area contributed by atoms with Gasteiger partial charge in [0.15, 0.2) is 0 Å². The van der Waals surface area contributed by atoms with Crippen molar-refractivity contribution in [3.63, 3.8) is 0 Å². The van der Waals surface area contributed by atoms with Gasteiger partial charge in [0.2, 0.25) is 5.88 Å². The minimum atomic E-state index is 0.611. The summed E-state index contributed by atoms with van der Waals surface area (Å²) in [7, 11) is 3.52. The van der Waals surface area contributed by atoms with Gasteiger partial charge in [-0.15, -0.1) is 0 Å². The number of nitrogens with zero attached hydrogens (tertiary/aromatic N) is 1. The Bertz CT molecular complexity index is 515. The largest absolute Gasteiger partial charge is 0.497 e. The Morgan fingerprint density at radius 2 is 2.00 bits per heavy atom. The zero-order valence-electron chi connectivity index (χ0n) is 10.5. The summed E-state index contributed by atoms with van der Waals surface area (Å²) in [6, 6.07) is 11.3. The third kappa shape index (κ3) is 2.99. The molecule has 1 N–H and O–H groups in total. The van der Waals surface area contributed by atoms with Crippen LogP contribution in [0.4, 0.5) is 0 Å². The van der Waals surface area contributed by atoms with E-state index in [0.717, 1.165) is 11.3 Å². The van der Waals surface area contributed by atoms with Gasteiger partial charge in [0.05, 0.1) is 7.11 Å². The van der Waals surface area contributed by atoms with Gasteiger partial charge in [0.1, 0.15) is 11.5 Å². The van der Waals surface area contributed by atoms with Crippen molar-refractivity contribution in [3.8, 4) is 17.4 Å². The van der Waals surface area contributed by atoms with E-state index >= 15 is 0 Å². The second-order valence-corrected chi connectivity index (χ2v) is 3.78. The standard InChI is InChI=1S/C14H16N2O2/c1-15-10-11-5-4-8-16-14(11)18-13-7-3-6-12(9-13)17-2/h3-9,15H,10H2,1-2H3. The van der Waals surface area contributed by atoms with E-state index in [0.29, 0.717) is 18.2 Å². The van der Waals surface area contributed by atoms with Gasteiger partial charge in [-0.1, -0.05) is 12.1 Å². The topological polar surface area (TPSA) is 43.4 Å². The molecule has 1 aromatic heterocycles. The molecule has 0 spiro atoms. The molecule has 0 unspecified atom stereocenters. The molecule has 2 aromatic rings. The number of hydrogen-bond donors (Lipinski definition) is 1. The fourth-order valence-corrected chi connectivity index (χ4v) is 1.62. The van der Waals surface area contributed by atoms with Gasteiger partial charge in [-0.2, -0.15) is 0 Å². The fraction of sp³-hybridized carbons (Fsp3) is 0.214. The summed E-state index contributed by atoms with van der Waals surface area (Å²) in [4.78, 5) is 4.25. The van der Waals surface area contributed by atoms with E-state index < -0.39 is 0 Å². The van der Waals surface area contributed by atoms with Crippen LogP contribution in [-0.2, 0) is 6.54 Å². The molecule has 0 aliphatic carbocycles. The normalized spacial score (nSPS) is 10.1. The predicted molar refractivity (Wildman–Crippen MR) is 70.1 cm³/mol. The van der Waals surface area contributed by atoms with Crippen molar-refractivity contribution in [1.29, 1.82) is 0 Å². The highest BCUT2D eigenvalue weighted by Gasteiger charge is 2.05. The van der Waals surface area contributed by atoms with Crippen LogP contribution in [0.2, 0.25) is 0 Å². The molecule has 18 heavy (non-hydrogen) atoms. The summed E-state index contributed by atoms with van der Waals surface area (Å²) in [6.07, 6.45) is 1.72. The Morgan fingerprint density at radius 3 is 2.78 bits per heavy atom. The highest BCUT2D eigenvalue weighted by molar-refractivity contribution is 5.37. The van der Waals surface area contributed by atoms with Crippen LogP contribution in [-0.4, -0.2) is 19.1 Å². The summed E-state index contributed by atoms with van der Waals surface area (Å²) in [6.45, 7) is 0.715. The fourth-order valence-electron chi connectivity index (χ4n) is 1.62. The molecule has 2 rings (SSSR count). The second kappa shape index (κ2) is 6.02. The summed E-state index contributed by atoms with van der Waals surface area (Å²) < 4.78 is 10.9. The molecule has 0 bridgehead atoms. The quantitative estimate of drug-likeness (QED) is 0.878. The van der Waals surface area contributed by atoms with Crippen molar-refractivity contribution in [3.05, 3.63) is 48.2 Å². The minimum Gasteiger partial charge on any atom is -0.497 e. The molecular weight excluding hydrogens is 228 g/mol. The first-order valence-electron chi connectivity index (χ1n) is 5.74. The van der Waals surface area contributed by atoms with Gasteiger partial charge >= 0.3 is 0 Å². The maximum Gasteiger partial charge on any atom is 0.223 e. The van der Waals surface area contributed by atoms with Crippen LogP contribution in [0.25, 0.3) is 0 Å². The molecule has 4 heteroatoms. The molecule has 0 atom stereocenters. The van der Waals surface area contributed by atoms with Gasteiger partial charge < -0.3 is 14.8 Å². The lowest BCUT2D eigenvalue weighted by molar-refractivity contribution is 0.406. The number of methoxy groups -OCH3 is 1. The third-order valence-corrected chi connectivity index (χ3v) is 2.47. The van der Waals surface area contributed by atoms with Crippen LogP contribution in [0.3, 0.4) is 0 Å². The summed E-state index contributed by atoms with van der Waals surface area (Å²) in [5.74, 6) is 2.09. The van der Waals surface area contributed by atoms with E-state index in [2.05, 4.69) is 10.3 Å². The number of nitrogens with one attached hydrogen (secondary N) is 1. The number of pyridine rings is 1. The molecule has 1 aromatic carbocycles. The summed E-state index contributed by atoms with van der Waals surface area (Å²) in [5, 5.41) is 3.09. The molecule has 0 fully saturated rings. The Balaban J connectivity index is 2.22. The van der Waals surface area contributed by atoms with Crippen molar-refractivity contribution in [1.82, 2.24) is 10.3 Å². The molecule has 1 heterocycles. The smallest absolute Gasteiger partial charge is 0.223 e. The van der Waals surface area contributed by atoms with Crippen LogP contribution < -0.4 is 14.8 Å². The molecule has 0 aliphatic heterocycles. The first-order chi connectivity index (χ1) is 8.83. The SMILES string of the molecule is CNCc1cccnc1Oc1cccc(OC)c1. The molecule has 4 nitrogen and oxygen atoms in total. The maximum absolute atomic E-state index is 5.77. The van der Waals surface area contributed by atoms with Crippen molar-refractivity contribution < 1.29 is 9.47 Å². The van der Waals surface area contributed by atoms with Crippen LogP contribution in [0.15, 0.2) is 42.6 Å². The van der Waals surface area contributed by atoms with E-state index in [1.807, 2.05) is 43.4 Å². The van der Waals surface area contributed by atoms with Gasteiger partial charge in [-0.3, -0.25) is 0 Å². The molecule has 94 valence electrons. The number of benzene rings is 1. The van der Waals surface area contributed by atoms with Crippen molar-refractivity contribution in [2.75, 3.05) is 14.2 Å². The summed E-state index contributed by atoms with van der Waals surface area (Å²) >= 11 is 0. The van der Waals surface area contributed by atoms with E-state index in [9.17, 15) is 0 Å². The van der Waals surface area contributed by atoms with Gasteiger partial charge in [-0.25, -0.2) is 4.98 Å². The van der Waals surface area contributed by atoms with E-state index in [1.165, 1.54) is 0 Å². The maximum atomic E-state index is 5.77. The average molecular weight is 244 g/mol. The monoisotopic (exact) mass is 244 g/mol. The van der Waals surface area contributed by atoms with Crippen LogP contribution in [0.1, 0.15) is 5.56 Å². The lowest BCUT2D eigenvalue weighted by Gasteiger charge is -2.10.